The number of rotatable bonds is 1. The van der Waals surface area contributed by atoms with Gasteiger partial charge in [-0.25, -0.2) is 0 Å². The Morgan fingerprint density at radius 1 is 1.50 bits per heavy atom. The van der Waals surface area contributed by atoms with Crippen molar-refractivity contribution in [1.82, 2.24) is 0 Å². The smallest absolute Gasteiger partial charge is 0.0602 e. The summed E-state index contributed by atoms with van der Waals surface area (Å²) in [6.45, 7) is 8.28. The SMILES string of the molecule is C=C(C)C1CC2C[C@@]2(C)[C@@H](O)C1. The van der Waals surface area contributed by atoms with Gasteiger partial charge in [0.2, 0.25) is 0 Å². The highest BCUT2D eigenvalue weighted by atomic mass is 16.3. The lowest BCUT2D eigenvalue weighted by Gasteiger charge is -2.31. The van der Waals surface area contributed by atoms with E-state index in [0.29, 0.717) is 5.92 Å². The molecule has 2 unspecified atom stereocenters. The maximum atomic E-state index is 9.86. The predicted molar refractivity (Wildman–Crippen MR) is 49.8 cm³/mol. The van der Waals surface area contributed by atoms with Gasteiger partial charge in [0, 0.05) is 0 Å². The maximum absolute atomic E-state index is 9.86. The van der Waals surface area contributed by atoms with Crippen LogP contribution in [0.15, 0.2) is 12.2 Å². The van der Waals surface area contributed by atoms with Crippen molar-refractivity contribution in [3.8, 4) is 0 Å². The van der Waals surface area contributed by atoms with Crippen molar-refractivity contribution in [3.05, 3.63) is 12.2 Å². The second-order valence-corrected chi connectivity index (χ2v) is 4.94. The molecule has 2 rings (SSSR count). The van der Waals surface area contributed by atoms with Crippen LogP contribution in [0.3, 0.4) is 0 Å². The quantitative estimate of drug-likeness (QED) is 0.593. The van der Waals surface area contributed by atoms with Gasteiger partial charge in [-0.15, -0.1) is 0 Å². The van der Waals surface area contributed by atoms with Crippen LogP contribution in [0, 0.1) is 17.3 Å². The van der Waals surface area contributed by atoms with Gasteiger partial charge in [0.15, 0.2) is 0 Å². The lowest BCUT2D eigenvalue weighted by Crippen LogP contribution is -2.29. The largest absolute Gasteiger partial charge is 0.393 e. The van der Waals surface area contributed by atoms with Gasteiger partial charge in [0.05, 0.1) is 6.10 Å². The van der Waals surface area contributed by atoms with Crippen LogP contribution in [0.4, 0.5) is 0 Å². The lowest BCUT2D eigenvalue weighted by atomic mass is 9.78. The van der Waals surface area contributed by atoms with Gasteiger partial charge in [0.1, 0.15) is 0 Å². The van der Waals surface area contributed by atoms with E-state index in [0.717, 1.165) is 12.3 Å². The van der Waals surface area contributed by atoms with Crippen molar-refractivity contribution in [1.29, 1.82) is 0 Å². The van der Waals surface area contributed by atoms with Crippen LogP contribution in [0.5, 0.6) is 0 Å². The Balaban J connectivity index is 2.06. The zero-order chi connectivity index (χ0) is 8.93. The highest BCUT2D eigenvalue weighted by molar-refractivity contribution is 5.13. The molecule has 0 aromatic heterocycles. The Hall–Kier alpha value is -0.300. The first kappa shape index (κ1) is 8.31. The minimum Gasteiger partial charge on any atom is -0.393 e. The molecular weight excluding hydrogens is 148 g/mol. The molecule has 0 radical (unpaired) electrons. The van der Waals surface area contributed by atoms with Crippen molar-refractivity contribution in [2.45, 2.75) is 39.2 Å². The van der Waals surface area contributed by atoms with Gasteiger partial charge >= 0.3 is 0 Å². The molecule has 2 aliphatic rings. The van der Waals surface area contributed by atoms with E-state index in [9.17, 15) is 5.11 Å². The summed E-state index contributed by atoms with van der Waals surface area (Å²) in [6.07, 6.45) is 3.38. The number of aliphatic hydroxyl groups is 1. The maximum Gasteiger partial charge on any atom is 0.0602 e. The summed E-state index contributed by atoms with van der Waals surface area (Å²) in [4.78, 5) is 0. The fourth-order valence-electron chi connectivity index (χ4n) is 2.61. The molecule has 0 heterocycles. The fourth-order valence-corrected chi connectivity index (χ4v) is 2.61. The number of hydrogen-bond acceptors (Lipinski definition) is 1. The van der Waals surface area contributed by atoms with Gasteiger partial charge in [-0.05, 0) is 43.4 Å². The number of fused-ring (bicyclic) bond motifs is 1. The van der Waals surface area contributed by atoms with Gasteiger partial charge < -0.3 is 5.11 Å². The molecule has 2 fully saturated rings. The summed E-state index contributed by atoms with van der Waals surface area (Å²) in [5, 5.41) is 9.86. The molecule has 0 aromatic rings. The highest BCUT2D eigenvalue weighted by Gasteiger charge is 2.58. The Morgan fingerprint density at radius 2 is 2.17 bits per heavy atom. The molecule has 0 bridgehead atoms. The van der Waals surface area contributed by atoms with Crippen molar-refractivity contribution < 1.29 is 5.11 Å². The van der Waals surface area contributed by atoms with Crippen LogP contribution in [0.25, 0.3) is 0 Å². The van der Waals surface area contributed by atoms with Crippen LogP contribution < -0.4 is 0 Å². The van der Waals surface area contributed by atoms with E-state index in [2.05, 4.69) is 20.4 Å². The summed E-state index contributed by atoms with van der Waals surface area (Å²) >= 11 is 0. The first-order valence-corrected chi connectivity index (χ1v) is 4.87. The molecular formula is C11H18O. The molecule has 0 spiro atoms. The first-order valence-electron chi connectivity index (χ1n) is 4.87. The van der Waals surface area contributed by atoms with Crippen molar-refractivity contribution in [3.63, 3.8) is 0 Å². The normalized spacial score (nSPS) is 51.4. The molecule has 0 amide bonds. The molecule has 12 heavy (non-hydrogen) atoms. The molecule has 2 aliphatic carbocycles. The van der Waals surface area contributed by atoms with Crippen molar-refractivity contribution >= 4 is 0 Å². The molecule has 1 nitrogen and oxygen atoms in total. The third kappa shape index (κ3) is 1.03. The minimum atomic E-state index is -0.0713. The average molecular weight is 166 g/mol. The van der Waals surface area contributed by atoms with Crippen molar-refractivity contribution in [2.24, 2.45) is 17.3 Å². The Bertz CT molecular complexity index is 221. The topological polar surface area (TPSA) is 20.2 Å². The Kier molecular flexibility index (Phi) is 1.63. The third-order valence-electron chi connectivity index (χ3n) is 3.99. The predicted octanol–water partition coefficient (Wildman–Crippen LogP) is 2.36. The summed E-state index contributed by atoms with van der Waals surface area (Å²) in [6, 6.07) is 0. The molecule has 4 atom stereocenters. The van der Waals surface area contributed by atoms with Crippen LogP contribution in [-0.2, 0) is 0 Å². The van der Waals surface area contributed by atoms with Gasteiger partial charge in [-0.3, -0.25) is 0 Å². The molecule has 68 valence electrons. The summed E-state index contributed by atoms with van der Waals surface area (Å²) in [5.74, 6) is 1.36. The fraction of sp³-hybridized carbons (Fsp3) is 0.818. The third-order valence-corrected chi connectivity index (χ3v) is 3.99. The van der Waals surface area contributed by atoms with E-state index in [1.165, 1.54) is 18.4 Å². The monoisotopic (exact) mass is 166 g/mol. The standard InChI is InChI=1S/C11H18O/c1-7(2)8-4-9-6-11(9,3)10(12)5-8/h8-10,12H,1,4-6H2,2-3H3/t8?,9?,10-,11+/m0/s1. The molecule has 0 aliphatic heterocycles. The summed E-state index contributed by atoms with van der Waals surface area (Å²) in [5.41, 5.74) is 1.54. The molecule has 1 N–H and O–H groups in total. The van der Waals surface area contributed by atoms with Crippen molar-refractivity contribution in [2.75, 3.05) is 0 Å². The van der Waals surface area contributed by atoms with E-state index in [-0.39, 0.29) is 11.5 Å². The molecule has 0 aromatic carbocycles. The van der Waals surface area contributed by atoms with E-state index < -0.39 is 0 Å². The second-order valence-electron chi connectivity index (χ2n) is 4.94. The second kappa shape index (κ2) is 2.35. The Morgan fingerprint density at radius 3 is 2.67 bits per heavy atom. The molecule has 0 saturated heterocycles. The zero-order valence-electron chi connectivity index (χ0n) is 8.01. The highest BCUT2D eigenvalue weighted by Crippen LogP contribution is 2.62. The van der Waals surface area contributed by atoms with Gasteiger partial charge in [0.25, 0.3) is 0 Å². The lowest BCUT2D eigenvalue weighted by molar-refractivity contribution is 0.0485. The van der Waals surface area contributed by atoms with Gasteiger partial charge in [-0.1, -0.05) is 19.1 Å². The van der Waals surface area contributed by atoms with Gasteiger partial charge in [-0.2, -0.15) is 0 Å². The van der Waals surface area contributed by atoms with E-state index in [1.807, 2.05) is 0 Å². The zero-order valence-corrected chi connectivity index (χ0v) is 8.01. The van der Waals surface area contributed by atoms with E-state index in [4.69, 9.17) is 0 Å². The Labute approximate surface area is 74.5 Å². The van der Waals surface area contributed by atoms with Crippen LogP contribution in [0.1, 0.15) is 33.1 Å². The summed E-state index contributed by atoms with van der Waals surface area (Å²) < 4.78 is 0. The number of aliphatic hydroxyl groups excluding tert-OH is 1. The average Bonchev–Trinajstić information content (AvgIpc) is 2.62. The van der Waals surface area contributed by atoms with Crippen LogP contribution in [-0.4, -0.2) is 11.2 Å². The number of hydrogen-bond donors (Lipinski definition) is 1. The molecule has 2 saturated carbocycles. The van der Waals surface area contributed by atoms with Crippen LogP contribution in [0.2, 0.25) is 0 Å². The summed E-state index contributed by atoms with van der Waals surface area (Å²) in [7, 11) is 0. The minimum absolute atomic E-state index is 0.0713. The first-order chi connectivity index (χ1) is 5.54. The van der Waals surface area contributed by atoms with Crippen LogP contribution >= 0.6 is 0 Å². The molecule has 1 heteroatoms. The van der Waals surface area contributed by atoms with E-state index >= 15 is 0 Å². The van der Waals surface area contributed by atoms with E-state index in [1.54, 1.807) is 0 Å². The number of allylic oxidation sites excluding steroid dienone is 1.